The van der Waals surface area contributed by atoms with Gasteiger partial charge in [0, 0.05) is 17.7 Å². The molecule has 0 heterocycles. The van der Waals surface area contributed by atoms with Crippen molar-refractivity contribution in [1.82, 2.24) is 0 Å². The Morgan fingerprint density at radius 1 is 0.673 bits per heavy atom. The van der Waals surface area contributed by atoms with Crippen LogP contribution in [0.3, 0.4) is 0 Å². The fourth-order valence-corrected chi connectivity index (χ4v) is 4.45. The van der Waals surface area contributed by atoms with Gasteiger partial charge in [0.1, 0.15) is 5.75 Å². The Morgan fingerprint density at radius 2 is 1.16 bits per heavy atom. The van der Waals surface area contributed by atoms with Crippen molar-refractivity contribution in [3.05, 3.63) is 136 Å². The lowest BCUT2D eigenvalue weighted by Crippen LogP contribution is -2.05. The standard InChI is InChI=1S/C29H37NO5.C12H12O2/c1-24(2)29(31)35-23-11-9-7-5-3-4-6-8-10-22-34-28-20-16-26(17-21-28)13-12-25-14-18-27(19-15-25)30(32)33;1-10(12(13)14-2)8-9-11-6-4-3-5-7-11/h12-21H,1,3-11,22-23H2,2H3;3-9H,1H2,2H3. The molecule has 49 heavy (non-hydrogen) atoms. The molecule has 0 radical (unpaired) electrons. The van der Waals surface area contributed by atoms with E-state index in [1.807, 2.05) is 72.8 Å². The summed E-state index contributed by atoms with van der Waals surface area (Å²) in [5.41, 5.74) is 3.88. The van der Waals surface area contributed by atoms with Crippen LogP contribution in [0.25, 0.3) is 18.2 Å². The zero-order valence-electron chi connectivity index (χ0n) is 28.8. The number of nitro benzene ring substituents is 1. The van der Waals surface area contributed by atoms with Crippen LogP contribution >= 0.6 is 0 Å². The average molecular weight is 668 g/mol. The van der Waals surface area contributed by atoms with Crippen molar-refractivity contribution in [3.8, 4) is 5.75 Å². The third kappa shape index (κ3) is 18.0. The minimum atomic E-state index is -0.405. The van der Waals surface area contributed by atoms with Crippen molar-refractivity contribution in [1.29, 1.82) is 0 Å². The first-order chi connectivity index (χ1) is 23.7. The van der Waals surface area contributed by atoms with E-state index in [0.717, 1.165) is 48.3 Å². The van der Waals surface area contributed by atoms with E-state index >= 15 is 0 Å². The molecule has 0 saturated heterocycles. The molecular formula is C41H49NO7. The molecule has 3 rings (SSSR count). The summed E-state index contributed by atoms with van der Waals surface area (Å²) in [7, 11) is 1.34. The van der Waals surface area contributed by atoms with E-state index in [1.54, 1.807) is 25.1 Å². The molecule has 0 spiro atoms. The fourth-order valence-electron chi connectivity index (χ4n) is 4.45. The molecule has 8 nitrogen and oxygen atoms in total. The number of esters is 2. The molecule has 3 aromatic carbocycles. The highest BCUT2D eigenvalue weighted by molar-refractivity contribution is 5.92. The summed E-state index contributed by atoms with van der Waals surface area (Å²) in [6.07, 6.45) is 17.8. The van der Waals surface area contributed by atoms with E-state index in [4.69, 9.17) is 9.47 Å². The molecule has 0 aromatic heterocycles. The predicted molar refractivity (Wildman–Crippen MR) is 198 cm³/mol. The molecule has 260 valence electrons. The highest BCUT2D eigenvalue weighted by Crippen LogP contribution is 2.17. The molecule has 0 aliphatic heterocycles. The Balaban J connectivity index is 0.000000495. The number of unbranched alkanes of at least 4 members (excludes halogenated alkanes) is 8. The molecular weight excluding hydrogens is 618 g/mol. The number of carbonyl (C=O) groups is 2. The maximum Gasteiger partial charge on any atom is 0.337 e. The molecule has 0 saturated carbocycles. The van der Waals surface area contributed by atoms with Crippen LogP contribution in [0.1, 0.15) is 81.4 Å². The molecule has 8 heteroatoms. The van der Waals surface area contributed by atoms with Crippen LogP contribution < -0.4 is 4.74 Å². The van der Waals surface area contributed by atoms with Crippen LogP contribution in [0.4, 0.5) is 5.69 Å². The number of rotatable bonds is 20. The molecule has 0 N–H and O–H groups in total. The van der Waals surface area contributed by atoms with Crippen molar-refractivity contribution >= 4 is 35.9 Å². The van der Waals surface area contributed by atoms with Crippen LogP contribution in [0.15, 0.2) is 109 Å². The summed E-state index contributed by atoms with van der Waals surface area (Å²) in [6, 6.07) is 24.1. The molecule has 0 unspecified atom stereocenters. The average Bonchev–Trinajstić information content (AvgIpc) is 3.12. The van der Waals surface area contributed by atoms with Gasteiger partial charge >= 0.3 is 11.9 Å². The molecule has 0 bridgehead atoms. The largest absolute Gasteiger partial charge is 0.494 e. The summed E-state index contributed by atoms with van der Waals surface area (Å²) >= 11 is 0. The summed E-state index contributed by atoms with van der Waals surface area (Å²) < 4.78 is 15.4. The lowest BCUT2D eigenvalue weighted by atomic mass is 10.1. The van der Waals surface area contributed by atoms with E-state index in [1.165, 1.54) is 57.8 Å². The van der Waals surface area contributed by atoms with Crippen molar-refractivity contribution in [2.75, 3.05) is 20.3 Å². The van der Waals surface area contributed by atoms with E-state index in [0.29, 0.717) is 17.8 Å². The molecule has 0 aliphatic rings. The SMILES string of the molecule is C=C(C)C(=O)OCCCCCCCCCCCOc1ccc(C=Cc2ccc([N+](=O)[O-])cc2)cc1.C=C(C=Cc1ccccc1)C(=O)OC. The zero-order chi connectivity index (χ0) is 35.7. The van der Waals surface area contributed by atoms with Crippen molar-refractivity contribution in [2.24, 2.45) is 0 Å². The summed E-state index contributed by atoms with van der Waals surface area (Å²) in [5, 5.41) is 10.7. The number of ether oxygens (including phenoxy) is 3. The van der Waals surface area contributed by atoms with E-state index in [9.17, 15) is 19.7 Å². The molecule has 0 amide bonds. The van der Waals surface area contributed by atoms with Crippen molar-refractivity contribution in [2.45, 2.75) is 64.7 Å². The Morgan fingerprint density at radius 3 is 1.67 bits per heavy atom. The highest BCUT2D eigenvalue weighted by atomic mass is 16.6. The van der Waals surface area contributed by atoms with E-state index in [2.05, 4.69) is 17.9 Å². The third-order valence-corrected chi connectivity index (χ3v) is 7.32. The van der Waals surface area contributed by atoms with Gasteiger partial charge in [0.05, 0.1) is 30.8 Å². The highest BCUT2D eigenvalue weighted by Gasteiger charge is 2.04. The Kier molecular flexibility index (Phi) is 19.5. The van der Waals surface area contributed by atoms with Crippen molar-refractivity contribution in [3.63, 3.8) is 0 Å². The lowest BCUT2D eigenvalue weighted by molar-refractivity contribution is -0.384. The second-order valence-electron chi connectivity index (χ2n) is 11.5. The molecule has 0 fully saturated rings. The number of carbonyl (C=O) groups excluding carboxylic acids is 2. The first-order valence-electron chi connectivity index (χ1n) is 16.7. The normalized spacial score (nSPS) is 10.7. The monoisotopic (exact) mass is 667 g/mol. The van der Waals surface area contributed by atoms with Gasteiger partial charge in [-0.25, -0.2) is 9.59 Å². The van der Waals surface area contributed by atoms with Gasteiger partial charge in [-0.15, -0.1) is 0 Å². The predicted octanol–water partition coefficient (Wildman–Crippen LogP) is 10.2. The fraction of sp³-hybridized carbons (Fsp3) is 0.317. The topological polar surface area (TPSA) is 105 Å². The van der Waals surface area contributed by atoms with Gasteiger partial charge in [0.2, 0.25) is 0 Å². The number of benzene rings is 3. The van der Waals surface area contributed by atoms with Gasteiger partial charge in [-0.3, -0.25) is 10.1 Å². The first-order valence-corrected chi connectivity index (χ1v) is 16.7. The number of nitro groups is 1. The maximum atomic E-state index is 11.3. The summed E-state index contributed by atoms with van der Waals surface area (Å²) in [4.78, 5) is 32.5. The van der Waals surface area contributed by atoms with Crippen LogP contribution in [0, 0.1) is 10.1 Å². The lowest BCUT2D eigenvalue weighted by Gasteiger charge is -2.07. The smallest absolute Gasteiger partial charge is 0.337 e. The number of hydrogen-bond donors (Lipinski definition) is 0. The Labute approximate surface area is 291 Å². The number of methoxy groups -OCH3 is 1. The number of nitrogens with zero attached hydrogens (tertiary/aromatic N) is 1. The second kappa shape index (κ2) is 24.0. The summed E-state index contributed by atoms with van der Waals surface area (Å²) in [6.45, 7) is 10.0. The van der Waals surface area contributed by atoms with Gasteiger partial charge in [0.25, 0.3) is 5.69 Å². The van der Waals surface area contributed by atoms with Gasteiger partial charge < -0.3 is 14.2 Å². The van der Waals surface area contributed by atoms with E-state index < -0.39 is 10.9 Å². The van der Waals surface area contributed by atoms with Crippen LogP contribution in [0.2, 0.25) is 0 Å². The Bertz CT molecular complexity index is 1510. The first kappa shape index (κ1) is 39.9. The van der Waals surface area contributed by atoms with Gasteiger partial charge in [-0.1, -0.05) is 119 Å². The third-order valence-electron chi connectivity index (χ3n) is 7.32. The van der Waals surface area contributed by atoms with Crippen LogP contribution in [-0.4, -0.2) is 37.2 Å². The van der Waals surface area contributed by atoms with Gasteiger partial charge in [0.15, 0.2) is 0 Å². The Hall–Kier alpha value is -5.24. The minimum absolute atomic E-state index is 0.0936. The minimum Gasteiger partial charge on any atom is -0.494 e. The van der Waals surface area contributed by atoms with E-state index in [-0.39, 0.29) is 11.7 Å². The second-order valence-corrected chi connectivity index (χ2v) is 11.5. The van der Waals surface area contributed by atoms with Crippen molar-refractivity contribution < 1.29 is 28.7 Å². The molecule has 0 atom stereocenters. The number of non-ortho nitro benzene ring substituents is 1. The number of hydrogen-bond acceptors (Lipinski definition) is 7. The van der Waals surface area contributed by atoms with Crippen LogP contribution in [0.5, 0.6) is 5.75 Å². The maximum absolute atomic E-state index is 11.3. The molecule has 3 aromatic rings. The van der Waals surface area contributed by atoms with Gasteiger partial charge in [-0.2, -0.15) is 0 Å². The quantitative estimate of drug-likeness (QED) is 0.0225. The summed E-state index contributed by atoms with van der Waals surface area (Å²) in [5.74, 6) is 0.170. The van der Waals surface area contributed by atoms with Gasteiger partial charge in [-0.05, 0) is 66.8 Å². The van der Waals surface area contributed by atoms with Crippen LogP contribution in [-0.2, 0) is 19.1 Å². The molecule has 0 aliphatic carbocycles. The zero-order valence-corrected chi connectivity index (χ0v) is 28.8.